The maximum absolute atomic E-state index is 12.5. The molecule has 0 aliphatic carbocycles. The van der Waals surface area contributed by atoms with Crippen LogP contribution in [0, 0.1) is 0 Å². The Morgan fingerprint density at radius 3 is 2.48 bits per heavy atom. The van der Waals surface area contributed by atoms with Crippen molar-refractivity contribution in [1.82, 2.24) is 15.1 Å². The lowest BCUT2D eigenvalue weighted by atomic mass is 10.3. The van der Waals surface area contributed by atoms with Gasteiger partial charge in [0.25, 0.3) is 0 Å². The Morgan fingerprint density at radius 1 is 1.29 bits per heavy atom. The highest BCUT2D eigenvalue weighted by atomic mass is 32.2. The number of rotatable bonds is 4. The SMILES string of the molecule is CCSCC(=O)N1CCN(c2nnc(C(F)(F)F)s2)CC1. The first-order valence-corrected chi connectivity index (χ1v) is 8.40. The molecule has 0 saturated carbocycles. The molecule has 5 nitrogen and oxygen atoms in total. The maximum Gasteiger partial charge on any atom is 0.445 e. The predicted octanol–water partition coefficient (Wildman–Crippen LogP) is 1.96. The summed E-state index contributed by atoms with van der Waals surface area (Å²) in [7, 11) is 0. The van der Waals surface area contributed by atoms with E-state index in [-0.39, 0.29) is 11.0 Å². The molecule has 1 saturated heterocycles. The number of halogens is 3. The monoisotopic (exact) mass is 340 g/mol. The first kappa shape index (κ1) is 16.3. The fraction of sp³-hybridized carbons (Fsp3) is 0.727. The number of thioether (sulfide) groups is 1. The number of hydrogen-bond donors (Lipinski definition) is 0. The van der Waals surface area contributed by atoms with E-state index in [0.29, 0.717) is 43.3 Å². The van der Waals surface area contributed by atoms with E-state index >= 15 is 0 Å². The Labute approximate surface area is 128 Å². The van der Waals surface area contributed by atoms with Gasteiger partial charge in [0.1, 0.15) is 0 Å². The van der Waals surface area contributed by atoms with Crippen molar-refractivity contribution in [3.63, 3.8) is 0 Å². The van der Waals surface area contributed by atoms with Crippen LogP contribution in [0.4, 0.5) is 18.3 Å². The zero-order valence-electron chi connectivity index (χ0n) is 11.4. The van der Waals surface area contributed by atoms with Crippen LogP contribution in [0.2, 0.25) is 0 Å². The van der Waals surface area contributed by atoms with Crippen LogP contribution >= 0.6 is 23.1 Å². The number of carbonyl (C=O) groups excluding carboxylic acids is 1. The summed E-state index contributed by atoms with van der Waals surface area (Å²) >= 11 is 2.10. The summed E-state index contributed by atoms with van der Waals surface area (Å²) in [5.41, 5.74) is 0. The first-order valence-electron chi connectivity index (χ1n) is 6.43. The molecular weight excluding hydrogens is 325 g/mol. The Morgan fingerprint density at radius 2 is 1.95 bits per heavy atom. The van der Waals surface area contributed by atoms with Crippen LogP contribution in [0.25, 0.3) is 0 Å². The van der Waals surface area contributed by atoms with Crippen LogP contribution in [-0.4, -0.2) is 58.7 Å². The van der Waals surface area contributed by atoms with Gasteiger partial charge in [0.15, 0.2) is 0 Å². The van der Waals surface area contributed by atoms with Crippen LogP contribution in [0.5, 0.6) is 0 Å². The molecule has 0 radical (unpaired) electrons. The summed E-state index contributed by atoms with van der Waals surface area (Å²) in [6.45, 7) is 3.96. The molecule has 0 spiro atoms. The lowest BCUT2D eigenvalue weighted by molar-refractivity contribution is -0.138. The highest BCUT2D eigenvalue weighted by molar-refractivity contribution is 7.99. The third-order valence-corrected chi connectivity index (χ3v) is 4.88. The number of alkyl halides is 3. The fourth-order valence-corrected chi connectivity index (χ4v) is 3.21. The summed E-state index contributed by atoms with van der Waals surface area (Å²) in [6, 6.07) is 0. The Balaban J connectivity index is 1.89. The summed E-state index contributed by atoms with van der Waals surface area (Å²) in [6.07, 6.45) is -4.45. The number of piperazine rings is 1. The van der Waals surface area contributed by atoms with Gasteiger partial charge in [0.2, 0.25) is 16.0 Å². The molecular formula is C11H15F3N4OS2. The number of nitrogens with zero attached hydrogens (tertiary/aromatic N) is 4. The molecule has 0 N–H and O–H groups in total. The predicted molar refractivity (Wildman–Crippen MR) is 76.7 cm³/mol. The van der Waals surface area contributed by atoms with Gasteiger partial charge in [-0.25, -0.2) is 0 Å². The fourth-order valence-electron chi connectivity index (χ4n) is 1.89. The molecule has 0 aromatic carbocycles. The van der Waals surface area contributed by atoms with E-state index in [4.69, 9.17) is 0 Å². The van der Waals surface area contributed by atoms with Crippen LogP contribution in [0.15, 0.2) is 0 Å². The first-order chi connectivity index (χ1) is 9.91. The average Bonchev–Trinajstić information content (AvgIpc) is 2.95. The Bertz CT molecular complexity index is 486. The van der Waals surface area contributed by atoms with Gasteiger partial charge in [0, 0.05) is 26.2 Å². The van der Waals surface area contributed by atoms with Gasteiger partial charge in [0.05, 0.1) is 5.75 Å². The van der Waals surface area contributed by atoms with Gasteiger partial charge < -0.3 is 9.80 Å². The van der Waals surface area contributed by atoms with Gasteiger partial charge in [-0.15, -0.1) is 10.2 Å². The third-order valence-electron chi connectivity index (χ3n) is 2.99. The van der Waals surface area contributed by atoms with E-state index in [1.165, 1.54) is 0 Å². The third kappa shape index (κ3) is 4.22. The second-order valence-corrected chi connectivity index (χ2v) is 6.62. The highest BCUT2D eigenvalue weighted by Crippen LogP contribution is 2.34. The summed E-state index contributed by atoms with van der Waals surface area (Å²) in [5.74, 6) is 1.42. The minimum atomic E-state index is -4.45. The lowest BCUT2D eigenvalue weighted by Gasteiger charge is -2.34. The molecule has 21 heavy (non-hydrogen) atoms. The molecule has 1 aromatic heterocycles. The summed E-state index contributed by atoms with van der Waals surface area (Å²) in [5, 5.41) is 6.09. The highest BCUT2D eigenvalue weighted by Gasteiger charge is 2.36. The quantitative estimate of drug-likeness (QED) is 0.839. The molecule has 1 aliphatic heterocycles. The Hall–Kier alpha value is -1.03. The van der Waals surface area contributed by atoms with E-state index in [1.807, 2.05) is 6.92 Å². The van der Waals surface area contributed by atoms with Crippen molar-refractivity contribution in [2.45, 2.75) is 13.1 Å². The zero-order chi connectivity index (χ0) is 15.5. The molecule has 0 bridgehead atoms. The van der Waals surface area contributed by atoms with Crippen molar-refractivity contribution in [2.75, 3.05) is 42.6 Å². The zero-order valence-corrected chi connectivity index (χ0v) is 13.0. The van der Waals surface area contributed by atoms with Crippen molar-refractivity contribution in [3.8, 4) is 0 Å². The van der Waals surface area contributed by atoms with Crippen molar-refractivity contribution in [1.29, 1.82) is 0 Å². The van der Waals surface area contributed by atoms with Crippen molar-refractivity contribution >= 4 is 34.1 Å². The topological polar surface area (TPSA) is 49.3 Å². The van der Waals surface area contributed by atoms with Crippen LogP contribution in [0.1, 0.15) is 11.9 Å². The van der Waals surface area contributed by atoms with Gasteiger partial charge in [-0.05, 0) is 5.75 Å². The normalized spacial score (nSPS) is 16.4. The minimum Gasteiger partial charge on any atom is -0.343 e. The molecule has 1 aromatic rings. The lowest BCUT2D eigenvalue weighted by Crippen LogP contribution is -2.49. The number of amides is 1. The van der Waals surface area contributed by atoms with E-state index in [0.717, 1.165) is 5.75 Å². The Kier molecular flexibility index (Phi) is 5.31. The minimum absolute atomic E-state index is 0.0785. The number of hydrogen-bond acceptors (Lipinski definition) is 6. The number of carbonyl (C=O) groups is 1. The molecule has 2 rings (SSSR count). The van der Waals surface area contributed by atoms with Crippen LogP contribution < -0.4 is 4.90 Å². The largest absolute Gasteiger partial charge is 0.445 e. The number of aromatic nitrogens is 2. The van der Waals surface area contributed by atoms with E-state index in [1.54, 1.807) is 21.6 Å². The molecule has 2 heterocycles. The second kappa shape index (κ2) is 6.82. The van der Waals surface area contributed by atoms with Crippen molar-refractivity contribution in [3.05, 3.63) is 5.01 Å². The van der Waals surface area contributed by atoms with Gasteiger partial charge in [-0.3, -0.25) is 4.79 Å². The van der Waals surface area contributed by atoms with Crippen molar-refractivity contribution < 1.29 is 18.0 Å². The maximum atomic E-state index is 12.5. The molecule has 0 atom stereocenters. The average molecular weight is 340 g/mol. The molecule has 1 aliphatic rings. The van der Waals surface area contributed by atoms with E-state index < -0.39 is 11.2 Å². The molecule has 0 unspecified atom stereocenters. The second-order valence-electron chi connectivity index (χ2n) is 4.39. The van der Waals surface area contributed by atoms with Gasteiger partial charge in [-0.1, -0.05) is 18.3 Å². The molecule has 1 amide bonds. The smallest absolute Gasteiger partial charge is 0.343 e. The molecule has 118 valence electrons. The summed E-state index contributed by atoms with van der Waals surface area (Å²) in [4.78, 5) is 15.3. The van der Waals surface area contributed by atoms with E-state index in [2.05, 4.69) is 10.2 Å². The molecule has 1 fully saturated rings. The van der Waals surface area contributed by atoms with E-state index in [9.17, 15) is 18.0 Å². The molecule has 10 heteroatoms. The standard InChI is InChI=1S/C11H15F3N4OS2/c1-2-20-7-8(19)17-3-5-18(6-4-17)10-16-15-9(21-10)11(12,13)14/h2-7H2,1H3. The van der Waals surface area contributed by atoms with Gasteiger partial charge in [-0.2, -0.15) is 24.9 Å². The van der Waals surface area contributed by atoms with Crippen LogP contribution in [-0.2, 0) is 11.0 Å². The summed E-state index contributed by atoms with van der Waals surface area (Å²) < 4.78 is 37.5. The van der Waals surface area contributed by atoms with Crippen LogP contribution in [0.3, 0.4) is 0 Å². The van der Waals surface area contributed by atoms with Gasteiger partial charge >= 0.3 is 6.18 Å². The van der Waals surface area contributed by atoms with Crippen molar-refractivity contribution in [2.24, 2.45) is 0 Å². The number of anilines is 1.